The van der Waals surface area contributed by atoms with Crippen molar-refractivity contribution in [1.82, 2.24) is 10.2 Å². The molecule has 0 aliphatic carbocycles. The second kappa shape index (κ2) is 17.6. The highest BCUT2D eigenvalue weighted by atomic mass is 32.2. The molecular weight excluding hydrogens is 671 g/mol. The van der Waals surface area contributed by atoms with Crippen LogP contribution in [-0.4, -0.2) is 72.7 Å². The maximum absolute atomic E-state index is 14.9. The van der Waals surface area contributed by atoms with Crippen molar-refractivity contribution in [3.05, 3.63) is 108 Å². The van der Waals surface area contributed by atoms with E-state index in [1.54, 1.807) is 12.1 Å². The monoisotopic (exact) mass is 717 g/mol. The number of hydrogen-bond acceptors (Lipinski definition) is 8. The Hall–Kier alpha value is -5.23. The molecule has 0 aliphatic heterocycles. The first-order valence-electron chi connectivity index (χ1n) is 16.5. The lowest BCUT2D eigenvalue weighted by Crippen LogP contribution is -2.53. The first-order valence-corrected chi connectivity index (χ1v) is 18.0. The van der Waals surface area contributed by atoms with Gasteiger partial charge in [0.25, 0.3) is 10.0 Å². The van der Waals surface area contributed by atoms with E-state index in [4.69, 9.17) is 18.9 Å². The fourth-order valence-electron chi connectivity index (χ4n) is 5.59. The van der Waals surface area contributed by atoms with Crippen LogP contribution in [0.25, 0.3) is 0 Å². The molecule has 1 atom stereocenters. The third kappa shape index (κ3) is 9.72. The summed E-state index contributed by atoms with van der Waals surface area (Å²) in [6, 6.07) is 25.0. The van der Waals surface area contributed by atoms with E-state index in [1.807, 2.05) is 75.4 Å². The average Bonchev–Trinajstić information content (AvgIpc) is 3.13. The van der Waals surface area contributed by atoms with Crippen molar-refractivity contribution < 1.29 is 37.0 Å². The molecule has 12 heteroatoms. The van der Waals surface area contributed by atoms with E-state index in [2.05, 4.69) is 5.32 Å². The number of amides is 2. The molecule has 0 saturated carbocycles. The molecule has 2 amide bonds. The number of nitrogens with zero attached hydrogens (tertiary/aromatic N) is 2. The van der Waals surface area contributed by atoms with E-state index in [0.717, 1.165) is 21.0 Å². The predicted molar refractivity (Wildman–Crippen MR) is 197 cm³/mol. The van der Waals surface area contributed by atoms with Gasteiger partial charge in [0, 0.05) is 31.6 Å². The number of rotatable bonds is 17. The number of hydrogen-bond donors (Lipinski definition) is 1. The maximum atomic E-state index is 14.9. The molecule has 11 nitrogen and oxygen atoms in total. The van der Waals surface area contributed by atoms with Crippen LogP contribution in [0.4, 0.5) is 5.69 Å². The number of carbonyl (C=O) groups excluding carboxylic acids is 2. The molecule has 0 unspecified atom stereocenters. The number of carbonyl (C=O) groups is 2. The predicted octanol–water partition coefficient (Wildman–Crippen LogP) is 5.64. The zero-order valence-electron chi connectivity index (χ0n) is 30.2. The Kier molecular flexibility index (Phi) is 13.3. The van der Waals surface area contributed by atoms with Gasteiger partial charge in [-0.05, 0) is 48.2 Å². The Labute approximate surface area is 301 Å². The molecule has 0 bridgehead atoms. The Balaban J connectivity index is 1.89. The van der Waals surface area contributed by atoms with Gasteiger partial charge in [-0.15, -0.1) is 0 Å². The molecule has 0 aliphatic rings. The van der Waals surface area contributed by atoms with Gasteiger partial charge in [0.1, 0.15) is 24.1 Å². The maximum Gasteiger partial charge on any atom is 0.265 e. The van der Waals surface area contributed by atoms with Crippen LogP contribution in [0.5, 0.6) is 23.0 Å². The minimum atomic E-state index is -4.49. The van der Waals surface area contributed by atoms with Crippen LogP contribution in [0.15, 0.2) is 95.9 Å². The summed E-state index contributed by atoms with van der Waals surface area (Å²) in [4.78, 5) is 30.2. The number of nitrogens with one attached hydrogen (secondary N) is 1. The standard InChI is InChI=1S/C39H47N3O8S/c1-27(2)24-40-39(44)34(21-29-13-9-8-10-14-29)41(25-30-15-11-12-28(3)20-30)38(43)26-42(33-22-31(47-4)16-18-35(33)48-5)51(45,46)32-17-19-36(49-6)37(23-32)50-7/h8-20,22-23,27,34H,21,24-26H2,1-7H3,(H,40,44)/t34-/m1/s1. The summed E-state index contributed by atoms with van der Waals surface area (Å²) < 4.78 is 52.2. The Morgan fingerprint density at radius 3 is 2.04 bits per heavy atom. The van der Waals surface area contributed by atoms with E-state index < -0.39 is 28.5 Å². The fraction of sp³-hybridized carbons (Fsp3) is 0.333. The summed E-state index contributed by atoms with van der Waals surface area (Å²) in [5.74, 6) is 0.264. The lowest BCUT2D eigenvalue weighted by atomic mass is 10.0. The van der Waals surface area contributed by atoms with E-state index >= 15 is 0 Å². The molecule has 51 heavy (non-hydrogen) atoms. The summed E-state index contributed by atoms with van der Waals surface area (Å²) in [5, 5.41) is 3.01. The molecule has 0 radical (unpaired) electrons. The van der Waals surface area contributed by atoms with Gasteiger partial charge < -0.3 is 29.2 Å². The first kappa shape index (κ1) is 38.6. The fourth-order valence-corrected chi connectivity index (χ4v) is 7.03. The van der Waals surface area contributed by atoms with Crippen molar-refractivity contribution in [2.45, 2.75) is 44.7 Å². The van der Waals surface area contributed by atoms with Gasteiger partial charge in [0.15, 0.2) is 11.5 Å². The normalized spacial score (nSPS) is 11.8. The topological polar surface area (TPSA) is 124 Å². The Morgan fingerprint density at radius 2 is 1.41 bits per heavy atom. The largest absolute Gasteiger partial charge is 0.497 e. The van der Waals surface area contributed by atoms with Gasteiger partial charge in [-0.25, -0.2) is 8.42 Å². The molecule has 0 heterocycles. The lowest BCUT2D eigenvalue weighted by molar-refractivity contribution is -0.140. The smallest absolute Gasteiger partial charge is 0.265 e. The van der Waals surface area contributed by atoms with Gasteiger partial charge >= 0.3 is 0 Å². The highest BCUT2D eigenvalue weighted by Crippen LogP contribution is 2.38. The van der Waals surface area contributed by atoms with Crippen molar-refractivity contribution >= 4 is 27.5 Å². The molecule has 4 aromatic rings. The van der Waals surface area contributed by atoms with Gasteiger partial charge in [-0.2, -0.15) is 0 Å². The van der Waals surface area contributed by atoms with Gasteiger partial charge in [0.2, 0.25) is 11.8 Å². The van der Waals surface area contributed by atoms with Crippen LogP contribution in [0, 0.1) is 12.8 Å². The van der Waals surface area contributed by atoms with Crippen molar-refractivity contribution in [3.63, 3.8) is 0 Å². The third-order valence-electron chi connectivity index (χ3n) is 8.27. The van der Waals surface area contributed by atoms with Crippen LogP contribution in [0.3, 0.4) is 0 Å². The summed E-state index contributed by atoms with van der Waals surface area (Å²) in [7, 11) is 1.23. The van der Waals surface area contributed by atoms with Crippen LogP contribution in [0.1, 0.15) is 30.5 Å². The van der Waals surface area contributed by atoms with Crippen LogP contribution < -0.4 is 28.6 Å². The number of anilines is 1. The first-order chi connectivity index (χ1) is 24.4. The lowest BCUT2D eigenvalue weighted by Gasteiger charge is -2.34. The minimum absolute atomic E-state index is 0.0482. The summed E-state index contributed by atoms with van der Waals surface area (Å²) in [6.07, 6.45) is 0.202. The summed E-state index contributed by atoms with van der Waals surface area (Å²) in [6.45, 7) is 5.69. The van der Waals surface area contributed by atoms with E-state index in [9.17, 15) is 18.0 Å². The SMILES string of the molecule is COc1ccc(OC)c(N(CC(=O)N(Cc2cccc(C)c2)[C@H](Cc2ccccc2)C(=O)NCC(C)C)S(=O)(=O)c2ccc(OC)c(OC)c2)c1. The van der Waals surface area contributed by atoms with E-state index in [-0.39, 0.29) is 46.9 Å². The average molecular weight is 718 g/mol. The van der Waals surface area contributed by atoms with Crippen LogP contribution in [0.2, 0.25) is 0 Å². The third-order valence-corrected chi connectivity index (χ3v) is 10.0. The van der Waals surface area contributed by atoms with Crippen molar-refractivity contribution in [2.24, 2.45) is 5.92 Å². The van der Waals surface area contributed by atoms with Crippen LogP contribution >= 0.6 is 0 Å². The zero-order valence-corrected chi connectivity index (χ0v) is 31.0. The number of ether oxygens (including phenoxy) is 4. The minimum Gasteiger partial charge on any atom is -0.497 e. The summed E-state index contributed by atoms with van der Waals surface area (Å²) >= 11 is 0. The number of methoxy groups -OCH3 is 4. The highest BCUT2D eigenvalue weighted by molar-refractivity contribution is 7.92. The second-order valence-corrected chi connectivity index (χ2v) is 14.3. The number of benzene rings is 4. The summed E-state index contributed by atoms with van der Waals surface area (Å²) in [5.41, 5.74) is 2.67. The molecule has 4 rings (SSSR count). The molecule has 0 fully saturated rings. The molecule has 0 saturated heterocycles. The molecule has 1 N–H and O–H groups in total. The number of sulfonamides is 1. The van der Waals surface area contributed by atoms with Gasteiger partial charge in [0.05, 0.1) is 39.0 Å². The molecular formula is C39H47N3O8S. The van der Waals surface area contributed by atoms with Crippen molar-refractivity contribution in [3.8, 4) is 23.0 Å². The van der Waals surface area contributed by atoms with Gasteiger partial charge in [-0.1, -0.05) is 74.0 Å². The Morgan fingerprint density at radius 1 is 0.745 bits per heavy atom. The molecule has 0 aromatic heterocycles. The quantitative estimate of drug-likeness (QED) is 0.149. The molecule has 272 valence electrons. The van der Waals surface area contributed by atoms with E-state index in [0.29, 0.717) is 18.0 Å². The molecule has 4 aromatic carbocycles. The van der Waals surface area contributed by atoms with Crippen molar-refractivity contribution in [1.29, 1.82) is 0 Å². The van der Waals surface area contributed by atoms with Crippen molar-refractivity contribution in [2.75, 3.05) is 45.8 Å². The Bertz CT molecular complexity index is 1900. The highest BCUT2D eigenvalue weighted by Gasteiger charge is 2.36. The number of aryl methyl sites for hydroxylation is 1. The van der Waals surface area contributed by atoms with Gasteiger partial charge in [-0.3, -0.25) is 13.9 Å². The molecule has 0 spiro atoms. The zero-order chi connectivity index (χ0) is 37.1. The van der Waals surface area contributed by atoms with Crippen LogP contribution in [-0.2, 0) is 32.6 Å². The van der Waals surface area contributed by atoms with E-state index in [1.165, 1.54) is 57.6 Å². The second-order valence-electron chi connectivity index (χ2n) is 12.4.